The van der Waals surface area contributed by atoms with Crippen LogP contribution in [0.2, 0.25) is -6.48 Å². The van der Waals surface area contributed by atoms with Crippen LogP contribution in [0.15, 0.2) is 4.99 Å². The first kappa shape index (κ1) is 10.5. The SMILES string of the molecule is CNC1=NC(=O)[C]([Rb])([RaH])C1. The predicted octanol–water partition coefficient (Wildman–Crippen LogP) is -0.899. The van der Waals surface area contributed by atoms with Crippen LogP contribution < -0.4 is 5.32 Å². The standard InChI is InChI=1S/C5H6N2O.Ra.Rb.H/c1-6-4-2-3-5(8)7-4;;;/h2H2,1H3,(H,6,7,8);;;. The number of hydrogen-bond acceptors (Lipinski definition) is 2. The van der Waals surface area contributed by atoms with Crippen LogP contribution in [0.3, 0.4) is 0 Å². The summed E-state index contributed by atoms with van der Waals surface area (Å²) in [7, 11) is 1.83. The van der Waals surface area contributed by atoms with Crippen LogP contribution in [0.4, 0.5) is 0 Å². The quantitative estimate of drug-likeness (QED) is 0.550. The van der Waals surface area contributed by atoms with Gasteiger partial charge in [-0.05, 0) is 0 Å². The number of nitrogens with zero attached hydrogens (tertiary/aromatic N) is 1. The van der Waals surface area contributed by atoms with Gasteiger partial charge in [0.15, 0.2) is 0 Å². The Hall–Kier alpha value is 2.41. The van der Waals surface area contributed by atoms with Crippen molar-refractivity contribution in [2.75, 3.05) is 7.05 Å². The van der Waals surface area contributed by atoms with E-state index in [0.717, 1.165) is 12.3 Å². The minimum absolute atomic E-state index is 0.160. The maximum absolute atomic E-state index is 11.1. The Morgan fingerprint density at radius 1 is 1.90 bits per heavy atom. The van der Waals surface area contributed by atoms with E-state index >= 15 is 0 Å². The van der Waals surface area contributed by atoms with Crippen molar-refractivity contribution >= 4 is 67.3 Å². The molecule has 0 aromatic heterocycles. The number of amides is 1. The van der Waals surface area contributed by atoms with Gasteiger partial charge >= 0.3 is 132 Å². The minimum atomic E-state index is 0.160. The third kappa shape index (κ3) is 2.45. The topological polar surface area (TPSA) is 41.5 Å². The summed E-state index contributed by atoms with van der Waals surface area (Å²) in [6, 6.07) is 0. The van der Waals surface area contributed by atoms with Gasteiger partial charge in [-0.3, -0.25) is 0 Å². The number of nitrogens with one attached hydrogen (secondary N) is 1. The third-order valence-electron chi connectivity index (χ3n) is 1.71. The average Bonchev–Trinajstić information content (AvgIpc) is 2.08. The Balaban J connectivity index is 2.76. The van der Waals surface area contributed by atoms with E-state index in [9.17, 15) is 4.79 Å². The fourth-order valence-electron chi connectivity index (χ4n) is 0.952. The number of hydrogen-bond donors (Lipinski definition) is 1. The number of carbonyl (C=O) groups is 1. The summed E-state index contributed by atoms with van der Waals surface area (Å²) in [5.74, 6) is 1.09. The van der Waals surface area contributed by atoms with Gasteiger partial charge < -0.3 is 0 Å². The third-order valence-corrected chi connectivity index (χ3v) is 6.84. The molecule has 1 rings (SSSR count). The van der Waals surface area contributed by atoms with E-state index in [0.29, 0.717) is 98.3 Å². The van der Waals surface area contributed by atoms with Crippen molar-refractivity contribution in [2.24, 2.45) is 4.99 Å². The predicted molar refractivity (Wildman–Crippen MR) is 36.0 cm³/mol. The Kier molecular flexibility index (Phi) is 4.28. The fourth-order valence-corrected chi connectivity index (χ4v) is 3.89. The van der Waals surface area contributed by atoms with E-state index < -0.39 is 0 Å². The summed E-state index contributed by atoms with van der Waals surface area (Å²) in [5.41, 5.74) is 0. The monoisotopic (exact) mass is 422 g/mol. The summed E-state index contributed by atoms with van der Waals surface area (Å²) in [4.78, 5) is 15.1. The molecule has 1 aliphatic rings. The van der Waals surface area contributed by atoms with Crippen LogP contribution in [-0.4, -0.2) is 74.3 Å². The van der Waals surface area contributed by atoms with Crippen molar-refractivity contribution in [3.63, 3.8) is 0 Å². The summed E-state index contributed by atoms with van der Waals surface area (Å²) < 4.78 is 0.160. The van der Waals surface area contributed by atoms with E-state index in [1.165, 1.54) is 0 Å². The Labute approximate surface area is 128 Å². The van der Waals surface area contributed by atoms with Crippen molar-refractivity contribution in [3.05, 3.63) is 0 Å². The van der Waals surface area contributed by atoms with Gasteiger partial charge in [-0.15, -0.1) is 0 Å². The molecule has 1 N–H and O–H groups in total. The molecule has 1 heterocycles. The van der Waals surface area contributed by atoms with Gasteiger partial charge in [0.25, 0.3) is 0 Å². The molecule has 10 heavy (non-hydrogen) atoms. The van der Waals surface area contributed by atoms with Gasteiger partial charge in [-0.25, -0.2) is 0 Å². The summed E-state index contributed by atoms with van der Waals surface area (Å²) in [6.07, 6.45) is 0.934. The van der Waals surface area contributed by atoms with Crippen LogP contribution in [-0.2, 0) is 4.79 Å². The van der Waals surface area contributed by atoms with Gasteiger partial charge in [0.05, 0.1) is 0 Å². The van der Waals surface area contributed by atoms with Gasteiger partial charge in [0, 0.05) is 0 Å². The van der Waals surface area contributed by atoms with E-state index in [-0.39, 0.29) is -0.568 Å². The van der Waals surface area contributed by atoms with Crippen molar-refractivity contribution in [1.82, 2.24) is 5.32 Å². The second-order valence-corrected chi connectivity index (χ2v) is 37.9. The molecule has 0 aromatic rings. The molecule has 0 fully saturated rings. The first-order chi connectivity index (χ1) is 4.56. The van der Waals surface area contributed by atoms with E-state index in [1.54, 1.807) is 0 Å². The number of aliphatic imine (C=N–C) groups is 1. The molecule has 1 unspecified atom stereocenters. The Morgan fingerprint density at radius 3 is 2.70 bits per heavy atom. The molecule has 0 radical (unpaired) electrons. The average molecular weight is 423 g/mol. The van der Waals surface area contributed by atoms with Crippen LogP contribution >= 0.6 is 0 Å². The molecule has 46 valence electrons. The van der Waals surface area contributed by atoms with Gasteiger partial charge in [-0.1, -0.05) is 0 Å². The molecule has 1 amide bonds. The molecule has 0 saturated heterocycles. The molecular formula is C5H7N2ORaRb. The first-order valence-electron chi connectivity index (χ1n) is 3.36. The Bertz CT molecular complexity index is 202. The molecule has 0 aromatic carbocycles. The zero-order chi connectivity index (χ0) is 7.78. The normalized spacial score (nSPS) is 32.2. The summed E-state index contributed by atoms with van der Waals surface area (Å²) >= 11 is 0.774. The molecule has 0 spiro atoms. The van der Waals surface area contributed by atoms with Gasteiger partial charge in [0.2, 0.25) is 0 Å². The summed E-state index contributed by atoms with van der Waals surface area (Å²) in [5, 5.41) is 2.95. The van der Waals surface area contributed by atoms with Crippen molar-refractivity contribution in [3.8, 4) is 0 Å². The van der Waals surface area contributed by atoms with Crippen molar-refractivity contribution in [1.29, 1.82) is 0 Å². The fraction of sp³-hybridized carbons (Fsp3) is 0.600. The van der Waals surface area contributed by atoms with Crippen molar-refractivity contribution < 1.29 is 47.6 Å². The van der Waals surface area contributed by atoms with E-state index in [2.05, 4.69) is 10.3 Å². The molecule has 0 saturated carbocycles. The molecule has 5 heteroatoms. The first-order valence-corrected chi connectivity index (χ1v) is 9.93. The van der Waals surface area contributed by atoms with E-state index in [1.807, 2.05) is 7.05 Å². The zero-order valence-corrected chi connectivity index (χ0v) is 19.7. The van der Waals surface area contributed by atoms with Crippen LogP contribution in [0.5, 0.6) is 0 Å². The maximum atomic E-state index is 11.1. The van der Waals surface area contributed by atoms with E-state index in [4.69, 9.17) is 0 Å². The molecule has 1 atom stereocenters. The second kappa shape index (κ2) is 4.08. The molecule has 0 aliphatic carbocycles. The molecule has 1 aliphatic heterocycles. The Morgan fingerprint density at radius 2 is 2.50 bits per heavy atom. The number of amidine groups is 1. The molecule has 3 nitrogen and oxygen atoms in total. The zero-order valence-electron chi connectivity index (χ0n) is 6.56. The summed E-state index contributed by atoms with van der Waals surface area (Å²) in [6.45, 7) is 0. The van der Waals surface area contributed by atoms with Gasteiger partial charge in [-0.2, -0.15) is 0 Å². The van der Waals surface area contributed by atoms with Crippen LogP contribution in [0.1, 0.15) is 6.42 Å². The molecule has 0 bridgehead atoms. The second-order valence-electron chi connectivity index (χ2n) is 3.17. The van der Waals surface area contributed by atoms with Crippen LogP contribution in [0.25, 0.3) is 0 Å². The van der Waals surface area contributed by atoms with Gasteiger partial charge in [0.1, 0.15) is 0 Å². The number of carbonyl (C=O) groups excluding carboxylic acids is 1. The van der Waals surface area contributed by atoms with Crippen LogP contribution in [0, 0.1) is 42.8 Å². The van der Waals surface area contributed by atoms with Crippen molar-refractivity contribution in [2.45, 2.75) is -0.0546 Å². The number of rotatable bonds is 0. The molecular weight excluding hydrogens is 416 g/mol.